The first-order valence-electron chi connectivity index (χ1n) is 10.1. The summed E-state index contributed by atoms with van der Waals surface area (Å²) < 4.78 is 5.93. The average Bonchev–Trinajstić information content (AvgIpc) is 3.07. The van der Waals surface area contributed by atoms with E-state index in [1.165, 1.54) is 37.9 Å². The van der Waals surface area contributed by atoms with E-state index in [4.69, 9.17) is 4.74 Å². The van der Waals surface area contributed by atoms with Crippen LogP contribution in [0.3, 0.4) is 0 Å². The predicted molar refractivity (Wildman–Crippen MR) is 108 cm³/mol. The van der Waals surface area contributed by atoms with Gasteiger partial charge in [-0.25, -0.2) is 4.99 Å². The van der Waals surface area contributed by atoms with Gasteiger partial charge in [0.25, 0.3) is 0 Å². The Morgan fingerprint density at radius 1 is 1.26 bits per heavy atom. The molecule has 1 aromatic carbocycles. The Kier molecular flexibility index (Phi) is 7.46. The summed E-state index contributed by atoms with van der Waals surface area (Å²) in [6.07, 6.45) is 7.58. The first kappa shape index (κ1) is 20.1. The van der Waals surface area contributed by atoms with Crippen molar-refractivity contribution in [3.8, 4) is 5.75 Å². The molecule has 0 aliphatic carbocycles. The zero-order valence-electron chi connectivity index (χ0n) is 16.4. The Morgan fingerprint density at radius 2 is 2.11 bits per heavy atom. The van der Waals surface area contributed by atoms with Crippen molar-refractivity contribution in [3.05, 3.63) is 29.8 Å². The molecule has 0 amide bonds. The standard InChI is InChI=1S/C20H33N5O2/c1-24-17-22-20(16-26,23-24)21-10-3-6-13-27-19-9-7-8-18(14-19)15-25-11-4-2-5-12-25/h7-9,14,17,21,23,26H,2-6,10-13,15-16H2,1H3. The molecule has 1 unspecified atom stereocenters. The summed E-state index contributed by atoms with van der Waals surface area (Å²) in [5, 5.41) is 14.5. The molecule has 2 heterocycles. The zero-order valence-corrected chi connectivity index (χ0v) is 16.4. The van der Waals surface area contributed by atoms with Crippen molar-refractivity contribution < 1.29 is 9.84 Å². The number of hydrogen-bond acceptors (Lipinski definition) is 7. The Bertz CT molecular complexity index is 606. The molecule has 0 aromatic heterocycles. The Balaban J connectivity index is 1.33. The smallest absolute Gasteiger partial charge is 0.206 e. The monoisotopic (exact) mass is 375 g/mol. The molecule has 150 valence electrons. The van der Waals surface area contributed by atoms with Crippen LogP contribution < -0.4 is 15.5 Å². The van der Waals surface area contributed by atoms with Gasteiger partial charge in [0.1, 0.15) is 12.1 Å². The van der Waals surface area contributed by atoms with E-state index in [0.29, 0.717) is 6.61 Å². The number of hydrogen-bond donors (Lipinski definition) is 3. The van der Waals surface area contributed by atoms with Gasteiger partial charge in [-0.2, -0.15) is 5.43 Å². The molecule has 7 heteroatoms. The number of nitrogens with zero attached hydrogens (tertiary/aromatic N) is 3. The Hall–Kier alpha value is -1.67. The van der Waals surface area contributed by atoms with Crippen molar-refractivity contribution in [3.63, 3.8) is 0 Å². The van der Waals surface area contributed by atoms with Crippen LogP contribution in [0.5, 0.6) is 5.75 Å². The summed E-state index contributed by atoms with van der Waals surface area (Å²) in [6, 6.07) is 8.47. The van der Waals surface area contributed by atoms with Crippen LogP contribution in [0.25, 0.3) is 0 Å². The highest BCUT2D eigenvalue weighted by Crippen LogP contribution is 2.18. The fraction of sp³-hybridized carbons (Fsp3) is 0.650. The first-order valence-corrected chi connectivity index (χ1v) is 10.1. The molecule has 0 spiro atoms. The molecule has 3 rings (SSSR count). The van der Waals surface area contributed by atoms with Crippen molar-refractivity contribution in [1.82, 2.24) is 20.7 Å². The third kappa shape index (κ3) is 6.17. The SMILES string of the molecule is CN1C=NC(CO)(NCCCCOc2cccc(CN3CCCCC3)c2)N1. The van der Waals surface area contributed by atoms with Gasteiger partial charge in [0.05, 0.1) is 13.2 Å². The largest absolute Gasteiger partial charge is 0.494 e. The number of unbranched alkanes of at least 4 members (excludes halogenated alkanes) is 1. The summed E-state index contributed by atoms with van der Waals surface area (Å²) in [5.74, 6) is 0.172. The number of likely N-dealkylation sites (tertiary alicyclic amines) is 1. The molecule has 27 heavy (non-hydrogen) atoms. The van der Waals surface area contributed by atoms with E-state index >= 15 is 0 Å². The second kappa shape index (κ2) is 10.0. The number of aliphatic hydroxyl groups excluding tert-OH is 1. The minimum Gasteiger partial charge on any atom is -0.494 e. The lowest BCUT2D eigenvalue weighted by Gasteiger charge is -2.27. The maximum atomic E-state index is 9.54. The molecule has 7 nitrogen and oxygen atoms in total. The predicted octanol–water partition coefficient (Wildman–Crippen LogP) is 1.55. The maximum Gasteiger partial charge on any atom is 0.206 e. The van der Waals surface area contributed by atoms with Crippen molar-refractivity contribution in [2.24, 2.45) is 4.99 Å². The molecule has 2 aliphatic rings. The lowest BCUT2D eigenvalue weighted by atomic mass is 10.1. The van der Waals surface area contributed by atoms with Crippen LogP contribution in [0.1, 0.15) is 37.7 Å². The highest BCUT2D eigenvalue weighted by atomic mass is 16.5. The van der Waals surface area contributed by atoms with Crippen LogP contribution in [0.4, 0.5) is 0 Å². The fourth-order valence-corrected chi connectivity index (χ4v) is 3.57. The number of benzene rings is 1. The fourth-order valence-electron chi connectivity index (χ4n) is 3.57. The van der Waals surface area contributed by atoms with Crippen LogP contribution in [0.2, 0.25) is 0 Å². The number of ether oxygens (including phenoxy) is 1. The van der Waals surface area contributed by atoms with Gasteiger partial charge >= 0.3 is 0 Å². The summed E-state index contributed by atoms with van der Waals surface area (Å²) in [4.78, 5) is 6.81. The molecule has 0 saturated carbocycles. The van der Waals surface area contributed by atoms with Gasteiger partial charge in [-0.05, 0) is 63.0 Å². The van der Waals surface area contributed by atoms with Crippen molar-refractivity contribution in [1.29, 1.82) is 0 Å². The highest BCUT2D eigenvalue weighted by molar-refractivity contribution is 5.56. The number of nitrogens with one attached hydrogen (secondary N) is 2. The number of aliphatic hydroxyl groups is 1. The quantitative estimate of drug-likeness (QED) is 0.539. The third-order valence-electron chi connectivity index (χ3n) is 5.05. The summed E-state index contributed by atoms with van der Waals surface area (Å²) >= 11 is 0. The Labute approximate surface area is 162 Å². The molecule has 2 aliphatic heterocycles. The second-order valence-electron chi connectivity index (χ2n) is 7.45. The van der Waals surface area contributed by atoms with Crippen molar-refractivity contribution in [2.45, 2.75) is 44.4 Å². The summed E-state index contributed by atoms with van der Waals surface area (Å²) in [6.45, 7) is 4.80. The van der Waals surface area contributed by atoms with Gasteiger partial charge < -0.3 is 9.84 Å². The molecular weight excluding hydrogens is 342 g/mol. The number of hydrazine groups is 1. The Morgan fingerprint density at radius 3 is 2.85 bits per heavy atom. The lowest BCUT2D eigenvalue weighted by molar-refractivity contribution is 0.106. The molecule has 1 saturated heterocycles. The van der Waals surface area contributed by atoms with E-state index in [-0.39, 0.29) is 6.61 Å². The summed E-state index contributed by atoms with van der Waals surface area (Å²) in [5.41, 5.74) is 4.42. The van der Waals surface area contributed by atoms with Gasteiger partial charge in [0.15, 0.2) is 0 Å². The first-order chi connectivity index (χ1) is 13.2. The number of rotatable bonds is 10. The van der Waals surface area contributed by atoms with Gasteiger partial charge in [0, 0.05) is 13.6 Å². The minimum atomic E-state index is -0.779. The van der Waals surface area contributed by atoms with Crippen molar-refractivity contribution in [2.75, 3.05) is 39.9 Å². The van der Waals surface area contributed by atoms with E-state index < -0.39 is 5.79 Å². The van der Waals surface area contributed by atoms with Gasteiger partial charge in [-0.3, -0.25) is 15.2 Å². The average molecular weight is 376 g/mol. The second-order valence-corrected chi connectivity index (χ2v) is 7.45. The maximum absolute atomic E-state index is 9.54. The highest BCUT2D eigenvalue weighted by Gasteiger charge is 2.31. The van der Waals surface area contributed by atoms with Crippen LogP contribution in [-0.4, -0.2) is 67.0 Å². The van der Waals surface area contributed by atoms with E-state index in [0.717, 1.165) is 31.7 Å². The molecule has 1 aromatic rings. The van der Waals surface area contributed by atoms with Crippen LogP contribution in [-0.2, 0) is 6.54 Å². The molecule has 1 atom stereocenters. The van der Waals surface area contributed by atoms with Gasteiger partial charge in [-0.1, -0.05) is 18.6 Å². The van der Waals surface area contributed by atoms with E-state index in [9.17, 15) is 5.11 Å². The zero-order chi connectivity index (χ0) is 19.0. The van der Waals surface area contributed by atoms with Crippen LogP contribution in [0.15, 0.2) is 29.3 Å². The van der Waals surface area contributed by atoms with Gasteiger partial charge in [0.2, 0.25) is 5.79 Å². The minimum absolute atomic E-state index is 0.0891. The topological polar surface area (TPSA) is 72.4 Å². The molecule has 0 bridgehead atoms. The number of aliphatic imine (C=N–C) groups is 1. The number of piperidine rings is 1. The van der Waals surface area contributed by atoms with E-state index in [1.54, 1.807) is 11.3 Å². The molecule has 0 radical (unpaired) electrons. The van der Waals surface area contributed by atoms with E-state index in [1.807, 2.05) is 13.1 Å². The molecular formula is C20H33N5O2. The van der Waals surface area contributed by atoms with Crippen LogP contribution in [0, 0.1) is 0 Å². The van der Waals surface area contributed by atoms with Crippen molar-refractivity contribution >= 4 is 6.34 Å². The van der Waals surface area contributed by atoms with E-state index in [2.05, 4.69) is 38.8 Å². The normalized spacial score (nSPS) is 23.1. The molecule has 3 N–H and O–H groups in total. The van der Waals surface area contributed by atoms with Gasteiger partial charge in [-0.15, -0.1) is 0 Å². The lowest BCUT2D eigenvalue weighted by Crippen LogP contribution is -2.58. The third-order valence-corrected chi connectivity index (χ3v) is 5.05. The molecule has 1 fully saturated rings. The summed E-state index contributed by atoms with van der Waals surface area (Å²) in [7, 11) is 1.86. The van der Waals surface area contributed by atoms with Crippen LogP contribution >= 0.6 is 0 Å².